The molecule has 0 saturated heterocycles. The van der Waals surface area contributed by atoms with Gasteiger partial charge in [-0.25, -0.2) is 0 Å². The standard InChI is InChI=1S/C16H20N2O3/c1-3-18-14-5-4-10(21-2)8-12(14)11-6-7-17-13(16(11)18)9-15(19)20/h4-5,8,13,17H,3,6-7,9H2,1-2H3,(H,19,20). The zero-order valence-corrected chi connectivity index (χ0v) is 12.3. The van der Waals surface area contributed by atoms with Gasteiger partial charge in [0, 0.05) is 23.1 Å². The first-order chi connectivity index (χ1) is 10.2. The Morgan fingerprint density at radius 3 is 3.00 bits per heavy atom. The van der Waals surface area contributed by atoms with Gasteiger partial charge in [-0.05, 0) is 43.7 Å². The molecule has 1 atom stereocenters. The summed E-state index contributed by atoms with van der Waals surface area (Å²) in [6, 6.07) is 5.96. The van der Waals surface area contributed by atoms with E-state index in [9.17, 15) is 4.79 Å². The fraction of sp³-hybridized carbons (Fsp3) is 0.438. The van der Waals surface area contributed by atoms with Crippen LogP contribution in [0.1, 0.15) is 30.6 Å². The van der Waals surface area contributed by atoms with Crippen LogP contribution < -0.4 is 10.1 Å². The van der Waals surface area contributed by atoms with Gasteiger partial charge in [-0.15, -0.1) is 0 Å². The fourth-order valence-electron chi connectivity index (χ4n) is 3.36. The van der Waals surface area contributed by atoms with Crippen molar-refractivity contribution in [3.63, 3.8) is 0 Å². The number of nitrogens with one attached hydrogen (secondary N) is 1. The van der Waals surface area contributed by atoms with Crippen LogP contribution in [0.15, 0.2) is 18.2 Å². The molecule has 2 N–H and O–H groups in total. The maximum Gasteiger partial charge on any atom is 0.305 e. The van der Waals surface area contributed by atoms with Crippen molar-refractivity contribution in [2.24, 2.45) is 0 Å². The number of carboxylic acid groups (broad SMARTS) is 1. The topological polar surface area (TPSA) is 63.5 Å². The van der Waals surface area contributed by atoms with E-state index in [1.165, 1.54) is 10.9 Å². The minimum Gasteiger partial charge on any atom is -0.497 e. The van der Waals surface area contributed by atoms with Gasteiger partial charge in [0.2, 0.25) is 0 Å². The van der Waals surface area contributed by atoms with Crippen LogP contribution in [0.25, 0.3) is 10.9 Å². The molecule has 1 aromatic heterocycles. The summed E-state index contributed by atoms with van der Waals surface area (Å²) in [5.74, 6) is 0.0673. The van der Waals surface area contributed by atoms with Gasteiger partial charge in [0.25, 0.3) is 0 Å². The SMILES string of the molecule is CCn1c2c(c3cc(OC)ccc31)CCNC2CC(=O)O. The zero-order chi connectivity index (χ0) is 15.0. The number of aliphatic carboxylic acids is 1. The summed E-state index contributed by atoms with van der Waals surface area (Å²) in [7, 11) is 1.67. The van der Waals surface area contributed by atoms with E-state index in [0.717, 1.165) is 36.5 Å². The minimum atomic E-state index is -0.772. The lowest BCUT2D eigenvalue weighted by Crippen LogP contribution is -2.32. The lowest BCUT2D eigenvalue weighted by Gasteiger charge is -2.25. The first kappa shape index (κ1) is 13.9. The van der Waals surface area contributed by atoms with Crippen molar-refractivity contribution in [1.82, 2.24) is 9.88 Å². The molecule has 0 spiro atoms. The maximum atomic E-state index is 11.1. The van der Waals surface area contributed by atoms with Crippen molar-refractivity contribution in [3.05, 3.63) is 29.5 Å². The molecule has 2 heterocycles. The Kier molecular flexibility index (Phi) is 3.59. The summed E-state index contributed by atoms with van der Waals surface area (Å²) in [6.45, 7) is 3.73. The Labute approximate surface area is 123 Å². The number of methoxy groups -OCH3 is 1. The molecular weight excluding hydrogens is 268 g/mol. The highest BCUT2D eigenvalue weighted by atomic mass is 16.5. The summed E-state index contributed by atoms with van der Waals surface area (Å²) < 4.78 is 7.55. The van der Waals surface area contributed by atoms with Crippen molar-refractivity contribution in [2.75, 3.05) is 13.7 Å². The normalized spacial score (nSPS) is 17.7. The fourth-order valence-corrected chi connectivity index (χ4v) is 3.36. The Morgan fingerprint density at radius 2 is 2.33 bits per heavy atom. The number of nitrogens with zero attached hydrogens (tertiary/aromatic N) is 1. The Morgan fingerprint density at radius 1 is 1.52 bits per heavy atom. The first-order valence-electron chi connectivity index (χ1n) is 7.29. The smallest absolute Gasteiger partial charge is 0.305 e. The highest BCUT2D eigenvalue weighted by Crippen LogP contribution is 2.36. The summed E-state index contributed by atoms with van der Waals surface area (Å²) in [5.41, 5.74) is 3.53. The maximum absolute atomic E-state index is 11.1. The Hall–Kier alpha value is -2.01. The number of hydrogen-bond acceptors (Lipinski definition) is 3. The van der Waals surface area contributed by atoms with Crippen LogP contribution in [0.2, 0.25) is 0 Å². The molecule has 0 aliphatic carbocycles. The summed E-state index contributed by atoms with van der Waals surface area (Å²) in [6.07, 6.45) is 1.03. The van der Waals surface area contributed by atoms with Gasteiger partial charge in [0.1, 0.15) is 5.75 Å². The van der Waals surface area contributed by atoms with E-state index in [4.69, 9.17) is 9.84 Å². The zero-order valence-electron chi connectivity index (χ0n) is 12.3. The Balaban J connectivity index is 2.22. The van der Waals surface area contributed by atoms with Gasteiger partial charge in [-0.3, -0.25) is 4.79 Å². The number of benzene rings is 1. The van der Waals surface area contributed by atoms with Crippen molar-refractivity contribution < 1.29 is 14.6 Å². The van der Waals surface area contributed by atoms with Crippen LogP contribution in [0, 0.1) is 0 Å². The first-order valence-corrected chi connectivity index (χ1v) is 7.29. The van der Waals surface area contributed by atoms with Crippen molar-refractivity contribution >= 4 is 16.9 Å². The highest BCUT2D eigenvalue weighted by Gasteiger charge is 2.28. The highest BCUT2D eigenvalue weighted by molar-refractivity contribution is 5.87. The van der Waals surface area contributed by atoms with Crippen LogP contribution in [0.4, 0.5) is 0 Å². The number of fused-ring (bicyclic) bond motifs is 3. The van der Waals surface area contributed by atoms with Gasteiger partial charge >= 0.3 is 5.97 Å². The summed E-state index contributed by atoms with van der Waals surface area (Å²) >= 11 is 0. The largest absolute Gasteiger partial charge is 0.497 e. The van der Waals surface area contributed by atoms with E-state index in [2.05, 4.69) is 28.9 Å². The number of carboxylic acids is 1. The molecule has 1 unspecified atom stereocenters. The summed E-state index contributed by atoms with van der Waals surface area (Å²) in [5, 5.41) is 13.7. The van der Waals surface area contributed by atoms with Gasteiger partial charge in [0.15, 0.2) is 0 Å². The van der Waals surface area contributed by atoms with Crippen molar-refractivity contribution in [2.45, 2.75) is 32.4 Å². The van der Waals surface area contributed by atoms with Crippen LogP contribution in [0.5, 0.6) is 5.75 Å². The average Bonchev–Trinajstić information content (AvgIpc) is 2.80. The lowest BCUT2D eigenvalue weighted by atomic mass is 9.97. The lowest BCUT2D eigenvalue weighted by molar-refractivity contribution is -0.137. The van der Waals surface area contributed by atoms with Gasteiger partial charge in [0.05, 0.1) is 19.6 Å². The van der Waals surface area contributed by atoms with Crippen LogP contribution >= 0.6 is 0 Å². The monoisotopic (exact) mass is 288 g/mol. The number of aromatic nitrogens is 1. The van der Waals surface area contributed by atoms with Crippen LogP contribution in [-0.2, 0) is 17.8 Å². The van der Waals surface area contributed by atoms with Crippen LogP contribution in [0.3, 0.4) is 0 Å². The van der Waals surface area contributed by atoms with Crippen molar-refractivity contribution in [1.29, 1.82) is 0 Å². The Bertz CT molecular complexity index is 690. The molecule has 2 aromatic rings. The van der Waals surface area contributed by atoms with E-state index < -0.39 is 5.97 Å². The molecule has 112 valence electrons. The molecule has 0 radical (unpaired) electrons. The second kappa shape index (κ2) is 5.41. The molecule has 3 rings (SSSR count). The second-order valence-corrected chi connectivity index (χ2v) is 5.35. The van der Waals surface area contributed by atoms with E-state index in [-0.39, 0.29) is 12.5 Å². The second-order valence-electron chi connectivity index (χ2n) is 5.35. The number of ether oxygens (including phenoxy) is 1. The van der Waals surface area contributed by atoms with Gasteiger partial charge in [-0.2, -0.15) is 0 Å². The molecule has 0 saturated carbocycles. The van der Waals surface area contributed by atoms with Crippen LogP contribution in [-0.4, -0.2) is 29.3 Å². The molecule has 0 bridgehead atoms. The molecule has 5 nitrogen and oxygen atoms in total. The molecule has 1 aromatic carbocycles. The minimum absolute atomic E-state index is 0.112. The van der Waals surface area contributed by atoms with Crippen molar-refractivity contribution in [3.8, 4) is 5.75 Å². The molecule has 0 amide bonds. The summed E-state index contributed by atoms with van der Waals surface area (Å²) in [4.78, 5) is 11.1. The van der Waals surface area contributed by atoms with E-state index in [1.54, 1.807) is 7.11 Å². The van der Waals surface area contributed by atoms with Gasteiger partial charge in [-0.1, -0.05) is 0 Å². The molecule has 5 heteroatoms. The third-order valence-corrected chi connectivity index (χ3v) is 4.21. The molecule has 0 fully saturated rings. The molecular formula is C16H20N2O3. The number of carbonyl (C=O) groups is 1. The quantitative estimate of drug-likeness (QED) is 0.906. The van der Waals surface area contributed by atoms with E-state index >= 15 is 0 Å². The predicted octanol–water partition coefficient (Wildman–Crippen LogP) is 2.33. The van der Waals surface area contributed by atoms with Gasteiger partial charge < -0.3 is 19.7 Å². The number of aryl methyl sites for hydroxylation is 1. The number of hydrogen-bond donors (Lipinski definition) is 2. The molecule has 1 aliphatic rings. The third-order valence-electron chi connectivity index (χ3n) is 4.21. The number of rotatable bonds is 4. The molecule has 1 aliphatic heterocycles. The van der Waals surface area contributed by atoms with E-state index in [1.807, 2.05) is 6.07 Å². The van der Waals surface area contributed by atoms with E-state index in [0.29, 0.717) is 0 Å². The predicted molar refractivity (Wildman–Crippen MR) is 80.9 cm³/mol. The molecule has 21 heavy (non-hydrogen) atoms. The third kappa shape index (κ3) is 2.27. The average molecular weight is 288 g/mol.